The summed E-state index contributed by atoms with van der Waals surface area (Å²) in [6.07, 6.45) is 6.32. The van der Waals surface area contributed by atoms with E-state index in [9.17, 15) is 0 Å². The van der Waals surface area contributed by atoms with Crippen molar-refractivity contribution in [3.05, 3.63) is 191 Å². The van der Waals surface area contributed by atoms with Crippen molar-refractivity contribution in [2.45, 2.75) is 48.8 Å². The molecular formula is C50H44Hf. The van der Waals surface area contributed by atoms with Crippen LogP contribution in [0.25, 0.3) is 44.5 Å². The van der Waals surface area contributed by atoms with Gasteiger partial charge in [0.25, 0.3) is 0 Å². The summed E-state index contributed by atoms with van der Waals surface area (Å²) in [5, 5.41) is 0. The Morgan fingerprint density at radius 1 is 0.392 bits per heavy atom. The van der Waals surface area contributed by atoms with Crippen LogP contribution >= 0.6 is 0 Å². The Bertz CT molecular complexity index is 2170. The third-order valence-corrected chi connectivity index (χ3v) is 28.0. The maximum atomic E-state index is 2.80. The van der Waals surface area contributed by atoms with E-state index in [0.29, 0.717) is 7.35 Å². The van der Waals surface area contributed by atoms with Crippen molar-refractivity contribution >= 4 is 22.3 Å². The standard InChI is InChI=1S/C48H38.2CH3.Hf/c1-4-14-34(15-5-1)36-22-26-38(27-23-36)44-32-40-18-8-10-20-42(40)46(44)48(30-12-3-13-31-48)47-43-21-11-9-19-41(43)33-45(47)39-28-24-37(25-29-39)35-16-6-2-7-17-35;;;/h1-2,4-11,14-29,32-33H,3,12-13,30-31H2;2*1H3;. The van der Waals surface area contributed by atoms with E-state index in [1.807, 2.05) is 0 Å². The Morgan fingerprint density at radius 3 is 1.18 bits per heavy atom. The second kappa shape index (κ2) is 12.1. The Labute approximate surface area is 307 Å². The van der Waals surface area contributed by atoms with Gasteiger partial charge in [-0.2, -0.15) is 0 Å². The second-order valence-corrected chi connectivity index (χ2v) is 33.2. The predicted molar refractivity (Wildman–Crippen MR) is 213 cm³/mol. The number of allylic oxidation sites excluding steroid dienone is 4. The third kappa shape index (κ3) is 4.73. The van der Waals surface area contributed by atoms with Crippen LogP contribution in [-0.2, 0) is 20.0 Å². The molecule has 0 nitrogen and oxygen atoms in total. The normalized spacial score (nSPS) is 20.9. The number of hydrogen-bond donors (Lipinski definition) is 0. The molecular weight excluding hydrogens is 779 g/mol. The average molecular weight is 823 g/mol. The van der Waals surface area contributed by atoms with Crippen LogP contribution in [0.2, 0.25) is 9.36 Å². The van der Waals surface area contributed by atoms with E-state index in [1.165, 1.54) is 65.5 Å². The molecule has 248 valence electrons. The third-order valence-electron chi connectivity index (χ3n) is 13.0. The van der Waals surface area contributed by atoms with Gasteiger partial charge in [0.2, 0.25) is 0 Å². The van der Waals surface area contributed by atoms with Gasteiger partial charge in [-0.1, -0.05) is 0 Å². The van der Waals surface area contributed by atoms with Crippen LogP contribution < -0.4 is 0 Å². The molecule has 4 aliphatic rings. The van der Waals surface area contributed by atoms with Gasteiger partial charge in [-0.15, -0.1) is 0 Å². The molecule has 1 aliphatic heterocycles. The molecule has 1 fully saturated rings. The minimum absolute atomic E-state index is 0.0286. The van der Waals surface area contributed by atoms with Crippen LogP contribution in [-0.4, -0.2) is 0 Å². The van der Waals surface area contributed by atoms with E-state index in [0.717, 1.165) is 0 Å². The summed E-state index contributed by atoms with van der Waals surface area (Å²) < 4.78 is 6.58. The summed E-state index contributed by atoms with van der Waals surface area (Å²) in [7, 11) is 0. The molecule has 10 rings (SSSR count). The van der Waals surface area contributed by atoms with Crippen LogP contribution in [0.4, 0.5) is 0 Å². The first-order valence-electron chi connectivity index (χ1n) is 19.1. The van der Waals surface area contributed by atoms with Gasteiger partial charge in [0.05, 0.1) is 0 Å². The Morgan fingerprint density at radius 2 is 0.745 bits per heavy atom. The molecule has 1 saturated carbocycles. The summed E-state index contributed by atoms with van der Waals surface area (Å²) >= 11 is -3.45. The monoisotopic (exact) mass is 824 g/mol. The molecule has 2 unspecified atom stereocenters. The van der Waals surface area contributed by atoms with Gasteiger partial charge in [-0.25, -0.2) is 0 Å². The molecule has 1 heteroatoms. The van der Waals surface area contributed by atoms with Gasteiger partial charge in [0.1, 0.15) is 0 Å². The zero-order valence-corrected chi connectivity index (χ0v) is 33.3. The average Bonchev–Trinajstić information content (AvgIpc) is 3.75. The SMILES string of the molecule is [CH3][Hf]1([CH3])[CH]2C(c3ccc(-c4ccccc4)cc3)=C(c3ccccc32)C2(CCCCC2)C2=C(c3ccc(-c4ccccc4)cc3)[CH]1c1ccccc12. The molecule has 0 N–H and O–H groups in total. The number of rotatable bonds is 4. The van der Waals surface area contributed by atoms with E-state index < -0.39 is 20.0 Å². The van der Waals surface area contributed by atoms with Gasteiger partial charge in [-0.05, 0) is 0 Å². The molecule has 51 heavy (non-hydrogen) atoms. The summed E-state index contributed by atoms with van der Waals surface area (Å²) in [5.74, 6) is 0. The van der Waals surface area contributed by atoms with Crippen LogP contribution in [0, 0.1) is 5.41 Å². The first-order chi connectivity index (χ1) is 25.1. The van der Waals surface area contributed by atoms with Crippen LogP contribution in [0.15, 0.2) is 158 Å². The molecule has 6 aromatic carbocycles. The summed E-state index contributed by atoms with van der Waals surface area (Å²) in [4.78, 5) is 0. The second-order valence-electron chi connectivity index (χ2n) is 16.0. The van der Waals surface area contributed by atoms with Gasteiger partial charge < -0.3 is 0 Å². The van der Waals surface area contributed by atoms with Crippen LogP contribution in [0.1, 0.15) is 72.8 Å². The van der Waals surface area contributed by atoms with E-state index in [1.54, 1.807) is 44.5 Å². The van der Waals surface area contributed by atoms with Gasteiger partial charge in [0.15, 0.2) is 0 Å². The summed E-state index contributed by atoms with van der Waals surface area (Å²) in [6, 6.07) is 60.6. The molecule has 0 radical (unpaired) electrons. The molecule has 3 aliphatic carbocycles. The quantitative estimate of drug-likeness (QED) is 0.155. The van der Waals surface area contributed by atoms with Crippen molar-refractivity contribution in [3.8, 4) is 22.3 Å². The summed E-state index contributed by atoms with van der Waals surface area (Å²) in [6.45, 7) is 0. The van der Waals surface area contributed by atoms with Crippen molar-refractivity contribution in [1.29, 1.82) is 0 Å². The minimum atomic E-state index is -3.45. The first kappa shape index (κ1) is 31.4. The van der Waals surface area contributed by atoms with E-state index in [2.05, 4.69) is 167 Å². The number of benzene rings is 6. The molecule has 1 spiro atoms. The summed E-state index contributed by atoms with van der Waals surface area (Å²) in [5.41, 5.74) is 21.1. The van der Waals surface area contributed by atoms with Crippen molar-refractivity contribution in [2.75, 3.05) is 0 Å². The molecule has 1 heterocycles. The molecule has 2 atom stereocenters. The fourth-order valence-corrected chi connectivity index (χ4v) is 27.3. The predicted octanol–water partition coefficient (Wildman–Crippen LogP) is 13.9. The van der Waals surface area contributed by atoms with Gasteiger partial charge in [-0.3, -0.25) is 0 Å². The molecule has 0 saturated heterocycles. The number of hydrogen-bond acceptors (Lipinski definition) is 0. The van der Waals surface area contributed by atoms with Crippen molar-refractivity contribution in [2.24, 2.45) is 5.41 Å². The van der Waals surface area contributed by atoms with Crippen molar-refractivity contribution in [1.82, 2.24) is 0 Å². The molecule has 0 amide bonds. The van der Waals surface area contributed by atoms with Gasteiger partial charge >= 0.3 is 310 Å². The zero-order valence-electron chi connectivity index (χ0n) is 29.7. The Balaban J connectivity index is 1.27. The fraction of sp³-hybridized carbons (Fsp3) is 0.200. The topological polar surface area (TPSA) is 0 Å². The van der Waals surface area contributed by atoms with Crippen LogP contribution in [0.5, 0.6) is 0 Å². The van der Waals surface area contributed by atoms with E-state index >= 15 is 0 Å². The van der Waals surface area contributed by atoms with E-state index in [-0.39, 0.29) is 5.41 Å². The van der Waals surface area contributed by atoms with Crippen LogP contribution in [0.3, 0.4) is 0 Å². The number of fused-ring (bicyclic) bond motifs is 10. The Kier molecular flexibility index (Phi) is 7.47. The zero-order chi connectivity index (χ0) is 34.2. The fourth-order valence-electron chi connectivity index (χ4n) is 10.9. The molecule has 0 aromatic heterocycles. The molecule has 6 aromatic rings. The first-order valence-corrected chi connectivity index (χ1v) is 30.4. The van der Waals surface area contributed by atoms with E-state index in [4.69, 9.17) is 0 Å². The van der Waals surface area contributed by atoms with Crippen molar-refractivity contribution < 1.29 is 20.0 Å². The van der Waals surface area contributed by atoms with Gasteiger partial charge in [0, 0.05) is 0 Å². The Hall–Kier alpha value is -4.33. The molecule has 4 bridgehead atoms. The van der Waals surface area contributed by atoms with Crippen molar-refractivity contribution in [3.63, 3.8) is 0 Å². The maximum absolute atomic E-state index is 3.45.